The Hall–Kier alpha value is -2.18. The average molecular weight is 344 g/mol. The highest BCUT2D eigenvalue weighted by Crippen LogP contribution is 2.34. The van der Waals surface area contributed by atoms with E-state index in [9.17, 15) is 0 Å². The number of aromatic nitrogens is 5. The third-order valence-electron chi connectivity index (χ3n) is 3.93. The van der Waals surface area contributed by atoms with Crippen molar-refractivity contribution in [3.05, 3.63) is 52.2 Å². The Balaban J connectivity index is 1.92. The standard InChI is InChI=1S/C16H14ClN5S/c1-10(16-19-7-9-23-16)22-8-6-18-15(22)14-13-11(17)4-3-5-12(13)21(2)20-14/h3-10H,1-2H3/t10-/m1/s1. The lowest BCUT2D eigenvalue weighted by atomic mass is 10.2. The van der Waals surface area contributed by atoms with E-state index >= 15 is 0 Å². The minimum Gasteiger partial charge on any atom is -0.320 e. The van der Waals surface area contributed by atoms with E-state index in [2.05, 4.69) is 26.6 Å². The van der Waals surface area contributed by atoms with Crippen molar-refractivity contribution >= 4 is 33.8 Å². The molecule has 0 unspecified atom stereocenters. The van der Waals surface area contributed by atoms with Crippen molar-refractivity contribution in [3.8, 4) is 11.5 Å². The molecule has 0 saturated heterocycles. The highest BCUT2D eigenvalue weighted by atomic mass is 35.5. The fourth-order valence-electron chi connectivity index (χ4n) is 2.80. The van der Waals surface area contributed by atoms with Gasteiger partial charge < -0.3 is 4.57 Å². The monoisotopic (exact) mass is 343 g/mol. The topological polar surface area (TPSA) is 48.5 Å². The number of imidazole rings is 1. The third kappa shape index (κ3) is 2.26. The first-order chi connectivity index (χ1) is 11.2. The minimum absolute atomic E-state index is 0.0899. The van der Waals surface area contributed by atoms with E-state index in [-0.39, 0.29) is 6.04 Å². The van der Waals surface area contributed by atoms with Crippen LogP contribution in [-0.4, -0.2) is 24.3 Å². The van der Waals surface area contributed by atoms with E-state index in [4.69, 9.17) is 11.6 Å². The molecule has 5 nitrogen and oxygen atoms in total. The van der Waals surface area contributed by atoms with Crippen molar-refractivity contribution in [2.45, 2.75) is 13.0 Å². The van der Waals surface area contributed by atoms with Gasteiger partial charge in [-0.05, 0) is 19.1 Å². The Morgan fingerprint density at radius 1 is 1.22 bits per heavy atom. The van der Waals surface area contributed by atoms with Crippen molar-refractivity contribution in [2.75, 3.05) is 0 Å². The molecule has 0 aliphatic rings. The predicted octanol–water partition coefficient (Wildman–Crippen LogP) is 4.16. The van der Waals surface area contributed by atoms with Crippen molar-refractivity contribution in [1.29, 1.82) is 0 Å². The molecular formula is C16H14ClN5S. The summed E-state index contributed by atoms with van der Waals surface area (Å²) in [6.45, 7) is 2.11. The summed E-state index contributed by atoms with van der Waals surface area (Å²) in [5, 5.41) is 9.28. The van der Waals surface area contributed by atoms with E-state index in [1.54, 1.807) is 17.5 Å². The molecule has 4 aromatic rings. The van der Waals surface area contributed by atoms with Crippen LogP contribution < -0.4 is 0 Å². The Bertz CT molecular complexity index is 970. The second kappa shape index (κ2) is 5.47. The molecule has 0 bridgehead atoms. The van der Waals surface area contributed by atoms with Crippen LogP contribution in [0.4, 0.5) is 0 Å². The number of benzene rings is 1. The lowest BCUT2D eigenvalue weighted by molar-refractivity contribution is 0.638. The summed E-state index contributed by atoms with van der Waals surface area (Å²) in [6, 6.07) is 5.91. The zero-order valence-electron chi connectivity index (χ0n) is 12.6. The van der Waals surface area contributed by atoms with Gasteiger partial charge in [0.25, 0.3) is 0 Å². The predicted molar refractivity (Wildman–Crippen MR) is 92.9 cm³/mol. The van der Waals surface area contributed by atoms with Crippen LogP contribution in [0.5, 0.6) is 0 Å². The maximum Gasteiger partial charge on any atom is 0.161 e. The zero-order valence-corrected chi connectivity index (χ0v) is 14.2. The third-order valence-corrected chi connectivity index (χ3v) is 5.19. The van der Waals surface area contributed by atoms with Crippen LogP contribution in [0, 0.1) is 0 Å². The van der Waals surface area contributed by atoms with Crippen LogP contribution in [0.15, 0.2) is 42.2 Å². The molecule has 7 heteroatoms. The Morgan fingerprint density at radius 2 is 2.09 bits per heavy atom. The SMILES string of the molecule is C[C@H](c1nccs1)n1ccnc1-c1nn(C)c2cccc(Cl)c12. The first-order valence-corrected chi connectivity index (χ1v) is 8.46. The largest absolute Gasteiger partial charge is 0.320 e. The molecule has 0 aliphatic carbocycles. The first-order valence-electron chi connectivity index (χ1n) is 7.20. The van der Waals surface area contributed by atoms with Gasteiger partial charge in [-0.1, -0.05) is 17.7 Å². The molecule has 0 spiro atoms. The van der Waals surface area contributed by atoms with Crippen LogP contribution in [0.1, 0.15) is 18.0 Å². The second-order valence-corrected chi connectivity index (χ2v) is 6.64. The van der Waals surface area contributed by atoms with Gasteiger partial charge in [0.2, 0.25) is 0 Å². The number of rotatable bonds is 3. The van der Waals surface area contributed by atoms with Crippen LogP contribution in [0.2, 0.25) is 5.02 Å². The van der Waals surface area contributed by atoms with E-state index in [0.29, 0.717) is 5.02 Å². The van der Waals surface area contributed by atoms with Crippen LogP contribution in [-0.2, 0) is 7.05 Å². The molecule has 4 rings (SSSR count). The van der Waals surface area contributed by atoms with Crippen molar-refractivity contribution in [2.24, 2.45) is 7.05 Å². The number of hydrogen-bond acceptors (Lipinski definition) is 4. The van der Waals surface area contributed by atoms with E-state index in [1.165, 1.54) is 0 Å². The summed E-state index contributed by atoms with van der Waals surface area (Å²) in [6.07, 6.45) is 5.57. The van der Waals surface area contributed by atoms with Crippen molar-refractivity contribution < 1.29 is 0 Å². The lowest BCUT2D eigenvalue weighted by Crippen LogP contribution is -2.07. The first kappa shape index (κ1) is 14.4. The highest BCUT2D eigenvalue weighted by Gasteiger charge is 2.21. The summed E-state index contributed by atoms with van der Waals surface area (Å²) in [4.78, 5) is 8.94. The van der Waals surface area contributed by atoms with Crippen LogP contribution in [0.25, 0.3) is 22.4 Å². The average Bonchev–Trinajstić information content (AvgIpc) is 3.27. The highest BCUT2D eigenvalue weighted by molar-refractivity contribution is 7.09. The van der Waals surface area contributed by atoms with Gasteiger partial charge in [0.15, 0.2) is 5.82 Å². The molecule has 0 N–H and O–H groups in total. The van der Waals surface area contributed by atoms with Gasteiger partial charge in [-0.3, -0.25) is 4.68 Å². The molecule has 0 saturated carbocycles. The zero-order chi connectivity index (χ0) is 16.0. The van der Waals surface area contributed by atoms with Gasteiger partial charge in [0.1, 0.15) is 10.7 Å². The molecule has 3 aromatic heterocycles. The maximum atomic E-state index is 6.42. The number of thiazole rings is 1. The number of hydrogen-bond donors (Lipinski definition) is 0. The van der Waals surface area contributed by atoms with Gasteiger partial charge in [0.05, 0.1) is 16.6 Å². The van der Waals surface area contributed by atoms with Gasteiger partial charge >= 0.3 is 0 Å². The van der Waals surface area contributed by atoms with Gasteiger partial charge in [-0.15, -0.1) is 11.3 Å². The fraction of sp³-hybridized carbons (Fsp3) is 0.188. The smallest absolute Gasteiger partial charge is 0.161 e. The van der Waals surface area contributed by atoms with Crippen molar-refractivity contribution in [1.82, 2.24) is 24.3 Å². The quantitative estimate of drug-likeness (QED) is 0.561. The number of aryl methyl sites for hydroxylation is 1. The number of fused-ring (bicyclic) bond motifs is 1. The molecule has 3 heterocycles. The molecule has 0 fully saturated rings. The second-order valence-electron chi connectivity index (χ2n) is 5.31. The Kier molecular flexibility index (Phi) is 3.43. The minimum atomic E-state index is 0.0899. The molecule has 1 atom stereocenters. The number of nitrogens with zero attached hydrogens (tertiary/aromatic N) is 5. The maximum absolute atomic E-state index is 6.42. The summed E-state index contributed by atoms with van der Waals surface area (Å²) in [5.74, 6) is 0.798. The molecule has 0 radical (unpaired) electrons. The Morgan fingerprint density at radius 3 is 2.87 bits per heavy atom. The summed E-state index contributed by atoms with van der Waals surface area (Å²) in [5.41, 5.74) is 1.78. The molecule has 23 heavy (non-hydrogen) atoms. The fourth-order valence-corrected chi connectivity index (χ4v) is 3.75. The van der Waals surface area contributed by atoms with Crippen LogP contribution >= 0.6 is 22.9 Å². The van der Waals surface area contributed by atoms with Gasteiger partial charge in [0, 0.05) is 36.4 Å². The van der Waals surface area contributed by atoms with Gasteiger partial charge in [-0.2, -0.15) is 5.10 Å². The van der Waals surface area contributed by atoms with E-state index in [0.717, 1.165) is 27.4 Å². The molecule has 0 aliphatic heterocycles. The van der Waals surface area contributed by atoms with Gasteiger partial charge in [-0.25, -0.2) is 9.97 Å². The Labute approximate surface area is 142 Å². The normalized spacial score (nSPS) is 12.8. The molecular weight excluding hydrogens is 330 g/mol. The molecule has 0 amide bonds. The van der Waals surface area contributed by atoms with E-state index in [1.807, 2.05) is 47.7 Å². The molecule has 116 valence electrons. The number of halogens is 1. The summed E-state index contributed by atoms with van der Waals surface area (Å²) < 4.78 is 3.92. The van der Waals surface area contributed by atoms with Crippen molar-refractivity contribution in [3.63, 3.8) is 0 Å². The summed E-state index contributed by atoms with van der Waals surface area (Å²) >= 11 is 8.06. The van der Waals surface area contributed by atoms with Crippen LogP contribution in [0.3, 0.4) is 0 Å². The lowest BCUT2D eigenvalue weighted by Gasteiger charge is -2.13. The summed E-state index contributed by atoms with van der Waals surface area (Å²) in [7, 11) is 1.92. The molecule has 1 aromatic carbocycles. The van der Waals surface area contributed by atoms with E-state index < -0.39 is 0 Å².